The zero-order valence-corrected chi connectivity index (χ0v) is 15.7. The van der Waals surface area contributed by atoms with Crippen molar-refractivity contribution in [1.82, 2.24) is 19.9 Å². The number of ether oxygens (including phenoxy) is 1. The lowest BCUT2D eigenvalue weighted by Gasteiger charge is -2.06. The molecule has 3 aromatic rings. The van der Waals surface area contributed by atoms with E-state index in [9.17, 15) is 0 Å². The van der Waals surface area contributed by atoms with Crippen molar-refractivity contribution >= 4 is 46.4 Å². The van der Waals surface area contributed by atoms with E-state index in [0.717, 1.165) is 50.4 Å². The first-order chi connectivity index (χ1) is 13.7. The van der Waals surface area contributed by atoms with Gasteiger partial charge >= 0.3 is 0 Å². The molecule has 0 aliphatic carbocycles. The summed E-state index contributed by atoms with van der Waals surface area (Å²) >= 11 is 0. The molecule has 5 heterocycles. The molecule has 5 rings (SSSR count). The lowest BCUT2D eigenvalue weighted by atomic mass is 10.1. The molecule has 0 radical (unpaired) electrons. The summed E-state index contributed by atoms with van der Waals surface area (Å²) in [4.78, 5) is 16.3. The average Bonchev–Trinajstić information content (AvgIpc) is 3.45. The van der Waals surface area contributed by atoms with Crippen molar-refractivity contribution in [3.63, 3.8) is 0 Å². The Morgan fingerprint density at radius 3 is 2.00 bits per heavy atom. The highest BCUT2D eigenvalue weighted by molar-refractivity contribution is 5.78. The van der Waals surface area contributed by atoms with Crippen LogP contribution in [0.1, 0.15) is 41.4 Å². The van der Waals surface area contributed by atoms with Gasteiger partial charge in [0.15, 0.2) is 0 Å². The number of nitrogens with zero attached hydrogens (tertiary/aromatic N) is 2. The fraction of sp³-hybridized carbons (Fsp3) is 0.130. The van der Waals surface area contributed by atoms with Gasteiger partial charge in [-0.1, -0.05) is 0 Å². The summed E-state index contributed by atoms with van der Waals surface area (Å²) in [6, 6.07) is 14.4. The third-order valence-electron chi connectivity index (χ3n) is 4.99. The van der Waals surface area contributed by atoms with E-state index in [2.05, 4.69) is 45.3 Å². The lowest BCUT2D eigenvalue weighted by molar-refractivity contribution is 0.121. The van der Waals surface area contributed by atoms with E-state index >= 15 is 0 Å². The average molecular weight is 368 g/mol. The molecule has 0 aromatic carbocycles. The number of H-pyrrole nitrogens is 2. The van der Waals surface area contributed by atoms with Crippen LogP contribution in [0.3, 0.4) is 0 Å². The Morgan fingerprint density at radius 1 is 0.714 bits per heavy atom. The van der Waals surface area contributed by atoms with Crippen LogP contribution in [0, 0.1) is 0 Å². The first-order valence-electron chi connectivity index (χ1n) is 9.27. The third kappa shape index (κ3) is 3.17. The molecule has 1 unspecified atom stereocenters. The van der Waals surface area contributed by atoms with Gasteiger partial charge in [-0.25, -0.2) is 9.97 Å². The van der Waals surface area contributed by atoms with Gasteiger partial charge in [-0.3, -0.25) is 0 Å². The molecule has 2 aliphatic heterocycles. The Balaban J connectivity index is 1.84. The molecule has 0 fully saturated rings. The zero-order valence-electron chi connectivity index (χ0n) is 15.7. The first-order valence-corrected chi connectivity index (χ1v) is 9.27. The predicted octanol–water partition coefficient (Wildman–Crippen LogP) is 5.36. The van der Waals surface area contributed by atoms with Crippen molar-refractivity contribution in [2.75, 3.05) is 7.11 Å². The van der Waals surface area contributed by atoms with Gasteiger partial charge in [0.25, 0.3) is 0 Å². The second kappa shape index (κ2) is 6.62. The first kappa shape index (κ1) is 16.7. The van der Waals surface area contributed by atoms with Gasteiger partial charge in [0.1, 0.15) is 0 Å². The highest BCUT2D eigenvalue weighted by Gasteiger charge is 2.10. The summed E-state index contributed by atoms with van der Waals surface area (Å²) in [5.74, 6) is 0. The molecule has 0 saturated carbocycles. The number of fused-ring (bicyclic) bond motifs is 8. The van der Waals surface area contributed by atoms with Crippen molar-refractivity contribution < 1.29 is 4.74 Å². The summed E-state index contributed by atoms with van der Waals surface area (Å²) in [5, 5.41) is 0. The number of rotatable bonds is 2. The van der Waals surface area contributed by atoms with Gasteiger partial charge in [-0.15, -0.1) is 0 Å². The summed E-state index contributed by atoms with van der Waals surface area (Å²) in [7, 11) is 1.72. The Hall–Kier alpha value is -3.44. The van der Waals surface area contributed by atoms with Crippen molar-refractivity contribution in [3.8, 4) is 0 Å². The maximum Gasteiger partial charge on any atom is 0.0813 e. The van der Waals surface area contributed by atoms with Crippen LogP contribution in [-0.4, -0.2) is 27.0 Å². The Labute approximate surface area is 162 Å². The van der Waals surface area contributed by atoms with Crippen LogP contribution in [0.5, 0.6) is 0 Å². The zero-order chi connectivity index (χ0) is 19.1. The minimum Gasteiger partial charge on any atom is -0.377 e. The van der Waals surface area contributed by atoms with Gasteiger partial charge in [0.2, 0.25) is 0 Å². The molecular formula is C23H20N4O. The van der Waals surface area contributed by atoms with Crippen LogP contribution in [0.2, 0.25) is 0 Å². The number of nitrogens with one attached hydrogen (secondary N) is 2. The molecule has 1 atom stereocenters. The van der Waals surface area contributed by atoms with Gasteiger partial charge in [0, 0.05) is 34.7 Å². The number of hydrogen-bond donors (Lipinski definition) is 2. The van der Waals surface area contributed by atoms with Crippen LogP contribution in [-0.2, 0) is 4.74 Å². The highest BCUT2D eigenvalue weighted by atomic mass is 16.5. The molecule has 2 aliphatic rings. The molecule has 0 amide bonds. The Bertz CT molecular complexity index is 1280. The minimum absolute atomic E-state index is 0.0214. The van der Waals surface area contributed by atoms with Crippen LogP contribution in [0.4, 0.5) is 0 Å². The van der Waals surface area contributed by atoms with E-state index in [4.69, 9.17) is 9.72 Å². The molecule has 5 heteroatoms. The molecule has 28 heavy (non-hydrogen) atoms. The third-order valence-corrected chi connectivity index (χ3v) is 4.99. The molecule has 2 N–H and O–H groups in total. The summed E-state index contributed by atoms with van der Waals surface area (Å²) in [6.45, 7) is 2.05. The summed E-state index contributed by atoms with van der Waals surface area (Å²) in [6.07, 6.45) is 8.02. The van der Waals surface area contributed by atoms with E-state index in [1.54, 1.807) is 7.11 Å². The quantitative estimate of drug-likeness (QED) is 0.441. The van der Waals surface area contributed by atoms with Crippen molar-refractivity contribution in [2.45, 2.75) is 13.0 Å². The maximum atomic E-state index is 5.57. The molecule has 0 saturated heterocycles. The topological polar surface area (TPSA) is 66.6 Å². The maximum absolute atomic E-state index is 5.57. The SMILES string of the molecule is COC(C)c1cc2cc3ccc(cc4nc(cc5nc(cc1[nH]2)C=C5)C=C4)[nH]3. The molecule has 3 aromatic heterocycles. The standard InChI is InChI=1S/C23H20N4O/c1-14(28-2)22-12-21-11-19-6-5-17(25-19)9-15-3-4-16(24-15)10-18-7-8-20(26-18)13-23(22)27-21/h3-14,25,27H,1-2H3. The fourth-order valence-corrected chi connectivity index (χ4v) is 3.50. The van der Waals surface area contributed by atoms with Crippen LogP contribution in [0.25, 0.3) is 46.4 Å². The van der Waals surface area contributed by atoms with Gasteiger partial charge < -0.3 is 14.7 Å². The number of aromatic amines is 2. The second-order valence-corrected chi connectivity index (χ2v) is 7.01. The van der Waals surface area contributed by atoms with E-state index in [1.165, 1.54) is 0 Å². The van der Waals surface area contributed by atoms with Gasteiger partial charge in [-0.05, 0) is 73.7 Å². The van der Waals surface area contributed by atoms with Crippen LogP contribution < -0.4 is 0 Å². The van der Waals surface area contributed by atoms with E-state index in [1.807, 2.05) is 43.4 Å². The Kier molecular flexibility index (Phi) is 3.95. The summed E-state index contributed by atoms with van der Waals surface area (Å²) in [5.41, 5.74) is 8.77. The molecule has 8 bridgehead atoms. The van der Waals surface area contributed by atoms with Crippen molar-refractivity contribution in [2.24, 2.45) is 0 Å². The molecule has 0 spiro atoms. The van der Waals surface area contributed by atoms with Crippen LogP contribution in [0.15, 0.2) is 42.5 Å². The number of methoxy groups -OCH3 is 1. The van der Waals surface area contributed by atoms with Gasteiger partial charge in [0.05, 0.1) is 28.9 Å². The minimum atomic E-state index is -0.0214. The fourth-order valence-electron chi connectivity index (χ4n) is 3.50. The summed E-state index contributed by atoms with van der Waals surface area (Å²) < 4.78 is 5.57. The van der Waals surface area contributed by atoms with Crippen molar-refractivity contribution in [1.29, 1.82) is 0 Å². The predicted molar refractivity (Wildman–Crippen MR) is 114 cm³/mol. The second-order valence-electron chi connectivity index (χ2n) is 7.01. The Morgan fingerprint density at radius 2 is 1.32 bits per heavy atom. The van der Waals surface area contributed by atoms with E-state index < -0.39 is 0 Å². The highest BCUT2D eigenvalue weighted by Crippen LogP contribution is 2.25. The monoisotopic (exact) mass is 368 g/mol. The number of hydrogen-bond acceptors (Lipinski definition) is 3. The smallest absolute Gasteiger partial charge is 0.0813 e. The molecule has 5 nitrogen and oxygen atoms in total. The molecule has 138 valence electrons. The lowest BCUT2D eigenvalue weighted by Crippen LogP contribution is -1.93. The number of aromatic nitrogens is 4. The van der Waals surface area contributed by atoms with Crippen molar-refractivity contribution in [3.05, 3.63) is 70.8 Å². The van der Waals surface area contributed by atoms with E-state index in [0.29, 0.717) is 0 Å². The van der Waals surface area contributed by atoms with Gasteiger partial charge in [-0.2, -0.15) is 0 Å². The van der Waals surface area contributed by atoms with E-state index in [-0.39, 0.29) is 6.10 Å². The largest absolute Gasteiger partial charge is 0.377 e. The van der Waals surface area contributed by atoms with Crippen LogP contribution >= 0.6 is 0 Å². The normalized spacial score (nSPS) is 13.8. The molecular weight excluding hydrogens is 348 g/mol.